The first-order valence-corrected chi connectivity index (χ1v) is 7.14. The number of urea groups is 1. The van der Waals surface area contributed by atoms with Gasteiger partial charge in [-0.05, 0) is 50.2 Å². The van der Waals surface area contributed by atoms with Gasteiger partial charge in [-0.2, -0.15) is 0 Å². The minimum Gasteiger partial charge on any atom is -0.481 e. The standard InChI is InChI=1S/C14H18ClN3O3/c15-10-1-3-11(4-2-10)18-13(21)17-9-14(12(19)20)5-7-16-8-6-14/h1-4,16H,5-9H2,(H,19,20)(H2,17,18,21). The molecular formula is C14H18ClN3O3. The van der Waals surface area contributed by atoms with Gasteiger partial charge in [-0.25, -0.2) is 4.79 Å². The molecule has 2 amide bonds. The Morgan fingerprint density at radius 1 is 1.24 bits per heavy atom. The van der Waals surface area contributed by atoms with Gasteiger partial charge in [-0.1, -0.05) is 11.6 Å². The summed E-state index contributed by atoms with van der Waals surface area (Å²) in [5, 5.41) is 18.4. The number of anilines is 1. The largest absolute Gasteiger partial charge is 0.481 e. The number of carboxylic acids is 1. The number of nitrogens with one attached hydrogen (secondary N) is 3. The van der Waals surface area contributed by atoms with E-state index in [1.54, 1.807) is 24.3 Å². The summed E-state index contributed by atoms with van der Waals surface area (Å²) in [6.07, 6.45) is 1.01. The molecule has 21 heavy (non-hydrogen) atoms. The lowest BCUT2D eigenvalue weighted by Gasteiger charge is -2.33. The van der Waals surface area contributed by atoms with Crippen molar-refractivity contribution in [1.82, 2.24) is 10.6 Å². The highest BCUT2D eigenvalue weighted by Gasteiger charge is 2.39. The first-order chi connectivity index (χ1) is 10.0. The Kier molecular flexibility index (Phi) is 5.03. The Balaban J connectivity index is 1.90. The van der Waals surface area contributed by atoms with Gasteiger partial charge in [0.05, 0.1) is 5.41 Å². The second kappa shape index (κ2) is 6.78. The van der Waals surface area contributed by atoms with E-state index in [-0.39, 0.29) is 6.54 Å². The van der Waals surface area contributed by atoms with Gasteiger partial charge >= 0.3 is 12.0 Å². The molecule has 7 heteroatoms. The van der Waals surface area contributed by atoms with Crippen LogP contribution in [0.4, 0.5) is 10.5 Å². The zero-order valence-electron chi connectivity index (χ0n) is 11.5. The predicted octanol–water partition coefficient (Wildman–Crippen LogP) is 1.92. The maximum atomic E-state index is 11.8. The minimum absolute atomic E-state index is 0.115. The lowest BCUT2D eigenvalue weighted by molar-refractivity contribution is -0.150. The molecule has 1 fully saturated rings. The number of benzene rings is 1. The quantitative estimate of drug-likeness (QED) is 0.684. The molecule has 0 atom stereocenters. The summed E-state index contributed by atoms with van der Waals surface area (Å²) < 4.78 is 0. The molecule has 1 aromatic carbocycles. The molecule has 0 spiro atoms. The number of carboxylic acid groups (broad SMARTS) is 1. The normalized spacial score (nSPS) is 17.0. The number of hydrogen-bond donors (Lipinski definition) is 4. The number of amides is 2. The van der Waals surface area contributed by atoms with Gasteiger partial charge < -0.3 is 21.1 Å². The van der Waals surface area contributed by atoms with Gasteiger partial charge in [0.25, 0.3) is 0 Å². The lowest BCUT2D eigenvalue weighted by Crippen LogP contribution is -2.49. The van der Waals surface area contributed by atoms with Crippen molar-refractivity contribution in [2.24, 2.45) is 5.41 Å². The molecular weight excluding hydrogens is 294 g/mol. The number of piperidine rings is 1. The third-order valence-electron chi connectivity index (χ3n) is 3.70. The number of aliphatic carboxylic acids is 1. The highest BCUT2D eigenvalue weighted by Crippen LogP contribution is 2.28. The van der Waals surface area contributed by atoms with E-state index in [4.69, 9.17) is 11.6 Å². The molecule has 6 nitrogen and oxygen atoms in total. The molecule has 0 radical (unpaired) electrons. The summed E-state index contributed by atoms with van der Waals surface area (Å²) in [4.78, 5) is 23.3. The topological polar surface area (TPSA) is 90.5 Å². The molecule has 0 bridgehead atoms. The van der Waals surface area contributed by atoms with Crippen LogP contribution in [0.1, 0.15) is 12.8 Å². The van der Waals surface area contributed by atoms with Gasteiger partial charge in [0.15, 0.2) is 0 Å². The van der Waals surface area contributed by atoms with Crippen molar-refractivity contribution in [2.75, 3.05) is 25.0 Å². The van der Waals surface area contributed by atoms with Crippen LogP contribution < -0.4 is 16.0 Å². The highest BCUT2D eigenvalue weighted by molar-refractivity contribution is 6.30. The molecule has 0 saturated carbocycles. The Hall–Kier alpha value is -1.79. The molecule has 1 aromatic rings. The number of hydrogen-bond acceptors (Lipinski definition) is 3. The maximum absolute atomic E-state index is 11.8. The number of rotatable bonds is 4. The van der Waals surface area contributed by atoms with E-state index in [0.717, 1.165) is 0 Å². The molecule has 0 aliphatic carbocycles. The first kappa shape index (κ1) is 15.6. The minimum atomic E-state index is -0.886. The van der Waals surface area contributed by atoms with E-state index < -0.39 is 17.4 Å². The monoisotopic (exact) mass is 311 g/mol. The SMILES string of the molecule is O=C(NCC1(C(=O)O)CCNCC1)Nc1ccc(Cl)cc1. The van der Waals surface area contributed by atoms with Crippen LogP contribution in [0.15, 0.2) is 24.3 Å². The van der Waals surface area contributed by atoms with Crippen LogP contribution in [0.25, 0.3) is 0 Å². The van der Waals surface area contributed by atoms with Crippen molar-refractivity contribution in [1.29, 1.82) is 0 Å². The second-order valence-electron chi connectivity index (χ2n) is 5.15. The van der Waals surface area contributed by atoms with Crippen molar-refractivity contribution in [2.45, 2.75) is 12.8 Å². The lowest BCUT2D eigenvalue weighted by atomic mass is 9.79. The van der Waals surface area contributed by atoms with E-state index in [2.05, 4.69) is 16.0 Å². The first-order valence-electron chi connectivity index (χ1n) is 6.76. The molecule has 0 aromatic heterocycles. The Labute approximate surface area is 127 Å². The number of carbonyl (C=O) groups is 2. The highest BCUT2D eigenvalue weighted by atomic mass is 35.5. The molecule has 1 heterocycles. The van der Waals surface area contributed by atoms with Crippen LogP contribution in [0.3, 0.4) is 0 Å². The fourth-order valence-electron chi connectivity index (χ4n) is 2.33. The molecule has 0 unspecified atom stereocenters. The maximum Gasteiger partial charge on any atom is 0.319 e. The zero-order chi connectivity index (χ0) is 15.3. The summed E-state index contributed by atoms with van der Waals surface area (Å²) in [6, 6.07) is 6.28. The van der Waals surface area contributed by atoms with E-state index >= 15 is 0 Å². The van der Waals surface area contributed by atoms with Gasteiger partial charge in [0.1, 0.15) is 0 Å². The Bertz CT molecular complexity index is 513. The number of carbonyl (C=O) groups excluding carboxylic acids is 1. The zero-order valence-corrected chi connectivity index (χ0v) is 12.2. The van der Waals surface area contributed by atoms with Crippen LogP contribution in [-0.2, 0) is 4.79 Å². The summed E-state index contributed by atoms with van der Waals surface area (Å²) >= 11 is 5.76. The van der Waals surface area contributed by atoms with Crippen molar-refractivity contribution < 1.29 is 14.7 Å². The van der Waals surface area contributed by atoms with Gasteiger partial charge in [0, 0.05) is 17.3 Å². The van der Waals surface area contributed by atoms with E-state index in [0.29, 0.717) is 36.6 Å². The Morgan fingerprint density at radius 3 is 2.43 bits per heavy atom. The Morgan fingerprint density at radius 2 is 1.86 bits per heavy atom. The third kappa shape index (κ3) is 4.09. The van der Waals surface area contributed by atoms with E-state index in [9.17, 15) is 14.7 Å². The van der Waals surface area contributed by atoms with Crippen LogP contribution in [0, 0.1) is 5.41 Å². The molecule has 1 aliphatic heterocycles. The summed E-state index contributed by atoms with van der Waals surface area (Å²) in [7, 11) is 0. The predicted molar refractivity (Wildman–Crippen MR) is 80.6 cm³/mol. The summed E-state index contributed by atoms with van der Waals surface area (Å²) in [6.45, 7) is 1.41. The third-order valence-corrected chi connectivity index (χ3v) is 3.96. The van der Waals surface area contributed by atoms with Crippen molar-refractivity contribution in [3.05, 3.63) is 29.3 Å². The van der Waals surface area contributed by atoms with E-state index in [1.165, 1.54) is 0 Å². The van der Waals surface area contributed by atoms with Crippen molar-refractivity contribution in [3.8, 4) is 0 Å². The average molecular weight is 312 g/mol. The van der Waals surface area contributed by atoms with Crippen molar-refractivity contribution >= 4 is 29.3 Å². The summed E-state index contributed by atoms with van der Waals surface area (Å²) in [5.74, 6) is -0.865. The molecule has 2 rings (SSSR count). The molecule has 4 N–H and O–H groups in total. The van der Waals surface area contributed by atoms with Crippen molar-refractivity contribution in [3.63, 3.8) is 0 Å². The van der Waals surface area contributed by atoms with Crippen LogP contribution in [0.5, 0.6) is 0 Å². The fourth-order valence-corrected chi connectivity index (χ4v) is 2.46. The fraction of sp³-hybridized carbons (Fsp3) is 0.429. The van der Waals surface area contributed by atoms with Gasteiger partial charge in [0.2, 0.25) is 0 Å². The van der Waals surface area contributed by atoms with Crippen LogP contribution in [-0.4, -0.2) is 36.7 Å². The molecule has 114 valence electrons. The van der Waals surface area contributed by atoms with E-state index in [1.807, 2.05) is 0 Å². The van der Waals surface area contributed by atoms with Crippen LogP contribution >= 0.6 is 11.6 Å². The molecule has 1 saturated heterocycles. The van der Waals surface area contributed by atoms with Crippen LogP contribution in [0.2, 0.25) is 5.02 Å². The smallest absolute Gasteiger partial charge is 0.319 e. The van der Waals surface area contributed by atoms with Gasteiger partial charge in [-0.15, -0.1) is 0 Å². The summed E-state index contributed by atoms with van der Waals surface area (Å²) in [5.41, 5.74) is -0.283. The second-order valence-corrected chi connectivity index (χ2v) is 5.59. The number of halogens is 1. The molecule has 1 aliphatic rings. The average Bonchev–Trinajstić information content (AvgIpc) is 2.48. The van der Waals surface area contributed by atoms with Gasteiger partial charge in [-0.3, -0.25) is 4.79 Å².